The molecule has 0 N–H and O–H groups in total. The number of fused-ring (bicyclic) bond motifs is 24. The van der Waals surface area contributed by atoms with Crippen molar-refractivity contribution in [3.8, 4) is 34.4 Å². The number of rotatable bonds is 6. The Morgan fingerprint density at radius 1 is 0.173 bits per heavy atom. The summed E-state index contributed by atoms with van der Waals surface area (Å²) >= 11 is 3.65. The Morgan fingerprint density at radius 2 is 0.385 bits per heavy atom. The Bertz CT molecular complexity index is 7560. The fraction of sp³-hybridized carbons (Fsp3) is 0. The number of aromatic nitrogens is 8. The van der Waals surface area contributed by atoms with Crippen LogP contribution in [0, 0.1) is 0 Å². The second kappa shape index (κ2) is 22.1. The van der Waals surface area contributed by atoms with Crippen molar-refractivity contribution in [3.05, 3.63) is 340 Å². The van der Waals surface area contributed by atoms with Gasteiger partial charge >= 0.3 is 0 Å². The molecule has 0 bridgehead atoms. The molecule has 104 heavy (non-hydrogen) atoms. The van der Waals surface area contributed by atoms with Crippen LogP contribution in [0.3, 0.4) is 0 Å². The van der Waals surface area contributed by atoms with Crippen molar-refractivity contribution in [2.45, 2.75) is 0 Å². The number of hydrogen-bond donors (Lipinski definition) is 0. The lowest BCUT2D eigenvalue weighted by Crippen LogP contribution is -1.98. The van der Waals surface area contributed by atoms with Crippen LogP contribution in [0.25, 0.3) is 206 Å². The molecule has 0 saturated carbocycles. The smallest absolute Gasteiger partial charge is 0.155 e. The maximum absolute atomic E-state index is 5.12. The summed E-state index contributed by atoms with van der Waals surface area (Å²) in [7, 11) is 0. The molecule has 0 aliphatic carbocycles. The summed E-state index contributed by atoms with van der Waals surface area (Å²) in [6, 6.07) is 119. The molecule has 0 aliphatic rings. The van der Waals surface area contributed by atoms with Gasteiger partial charge in [-0.2, -0.15) is 0 Å². The van der Waals surface area contributed by atoms with Gasteiger partial charge in [0.1, 0.15) is 0 Å². The summed E-state index contributed by atoms with van der Waals surface area (Å²) < 4.78 is 19.2. The molecule has 10 heteroatoms. The van der Waals surface area contributed by atoms with E-state index in [1.165, 1.54) is 160 Å². The average molecular weight is 1360 g/mol. The Hall–Kier alpha value is -13.4. The first-order chi connectivity index (χ1) is 51.6. The van der Waals surface area contributed by atoms with Crippen molar-refractivity contribution >= 4 is 194 Å². The van der Waals surface area contributed by atoms with Crippen LogP contribution in [0.5, 0.6) is 0 Å². The SMILES string of the molecule is c1ccc2c(c1)c1ccccc1n2-c1ccc2c(c1)c1ccccc1n2-c1ccc2sc3c(-n4c5ccccc5c5ccccc54)nccc3c2c1.c1ccc2c(c1)c1ccccc1n2-c1ccc2sc3c(-n4c5ccccc5c5cc(-n6c7ccccc7c7ccccc76)ccc54)nccc3c2c1. The van der Waals surface area contributed by atoms with E-state index in [1.54, 1.807) is 0 Å². The quantitative estimate of drug-likeness (QED) is 0.167. The van der Waals surface area contributed by atoms with Crippen molar-refractivity contribution in [2.75, 3.05) is 0 Å². The highest BCUT2D eigenvalue weighted by Gasteiger charge is 2.24. The van der Waals surface area contributed by atoms with Gasteiger partial charge in [0, 0.05) is 131 Å². The highest BCUT2D eigenvalue weighted by molar-refractivity contribution is 7.26. The molecule has 0 fully saturated rings. The zero-order valence-electron chi connectivity index (χ0n) is 55.7. The first-order valence-corrected chi connectivity index (χ1v) is 36.9. The van der Waals surface area contributed by atoms with Gasteiger partial charge < -0.3 is 18.3 Å². The van der Waals surface area contributed by atoms with Crippen molar-refractivity contribution in [2.24, 2.45) is 0 Å². The molecular formula is C94H56N8S2. The standard InChI is InChI=1S/2C47H28N4S/c1-6-16-39-31(11-1)32-12-2-7-17-40(32)49(39)29-21-23-44-37(27-29)35-15-5-8-18-41(35)50(44)30-22-24-45-38(28-30)36-25-26-48-47(46(36)52-45)51-42-19-9-3-13-33(42)34-14-4-10-20-43(34)51;1-6-16-39-31(11-1)32-12-2-7-17-40(32)49(39)29-21-23-44-37(27-29)35-15-5-10-20-43(35)51(44)47-46-36(25-26-48-47)38-28-30(22-24-45(38)52-46)50-41-18-8-3-13-33(41)34-14-4-9-19-42(34)50/h2*1-28H. The van der Waals surface area contributed by atoms with Crippen LogP contribution >= 0.6 is 22.7 Å². The maximum Gasteiger partial charge on any atom is 0.155 e. The predicted octanol–water partition coefficient (Wildman–Crippen LogP) is 25.5. The van der Waals surface area contributed by atoms with Crippen molar-refractivity contribution in [1.82, 2.24) is 37.4 Å². The van der Waals surface area contributed by atoms with Crippen molar-refractivity contribution < 1.29 is 0 Å². The third-order valence-electron chi connectivity index (χ3n) is 21.8. The topological polar surface area (TPSA) is 55.4 Å². The van der Waals surface area contributed by atoms with Crippen LogP contribution in [0.4, 0.5) is 0 Å². The van der Waals surface area contributed by atoms with Crippen LogP contribution < -0.4 is 0 Å². The van der Waals surface area contributed by atoms with Gasteiger partial charge in [0.25, 0.3) is 0 Å². The van der Waals surface area contributed by atoms with E-state index in [4.69, 9.17) is 9.97 Å². The van der Waals surface area contributed by atoms with Gasteiger partial charge in [-0.25, -0.2) is 9.97 Å². The van der Waals surface area contributed by atoms with Crippen LogP contribution in [0.2, 0.25) is 0 Å². The van der Waals surface area contributed by atoms with Crippen molar-refractivity contribution in [1.29, 1.82) is 0 Å². The Morgan fingerprint density at radius 3 is 0.663 bits per heavy atom. The largest absolute Gasteiger partial charge is 0.309 e. The number of hydrogen-bond acceptors (Lipinski definition) is 4. The molecule has 0 unspecified atom stereocenters. The van der Waals surface area contributed by atoms with Gasteiger partial charge in [0.05, 0.1) is 75.6 Å². The monoisotopic (exact) mass is 1360 g/mol. The van der Waals surface area contributed by atoms with E-state index >= 15 is 0 Å². The molecule has 0 aliphatic heterocycles. The summed E-state index contributed by atoms with van der Waals surface area (Å²) in [4.78, 5) is 10.1. The summed E-state index contributed by atoms with van der Waals surface area (Å²) in [6.07, 6.45) is 3.95. The molecule has 0 radical (unpaired) electrons. The second-order valence-corrected chi connectivity index (χ2v) is 29.3. The normalized spacial score (nSPS) is 12.2. The highest BCUT2D eigenvalue weighted by Crippen LogP contribution is 2.46. The van der Waals surface area contributed by atoms with Crippen LogP contribution in [-0.2, 0) is 0 Å². The summed E-state index contributed by atoms with van der Waals surface area (Å²) in [6.45, 7) is 0. The zero-order chi connectivity index (χ0) is 67.8. The minimum Gasteiger partial charge on any atom is -0.309 e. The zero-order valence-corrected chi connectivity index (χ0v) is 57.4. The summed E-state index contributed by atoms with van der Waals surface area (Å²) in [5.41, 5.74) is 19.0. The van der Waals surface area contributed by atoms with Gasteiger partial charge in [0.2, 0.25) is 0 Å². The predicted molar refractivity (Wildman–Crippen MR) is 440 cm³/mol. The van der Waals surface area contributed by atoms with E-state index in [2.05, 4.69) is 355 Å². The van der Waals surface area contributed by atoms with Crippen LogP contribution in [0.15, 0.2) is 340 Å². The van der Waals surface area contributed by atoms with E-state index in [1.807, 2.05) is 35.1 Å². The number of thiophene rings is 2. The molecule has 8 nitrogen and oxygen atoms in total. The molecule has 484 valence electrons. The minimum atomic E-state index is 0.966. The molecule has 10 heterocycles. The van der Waals surface area contributed by atoms with Gasteiger partial charge in [-0.15, -0.1) is 22.7 Å². The molecule has 0 spiro atoms. The molecule has 0 saturated heterocycles. The lowest BCUT2D eigenvalue weighted by molar-refractivity contribution is 1.10. The first kappa shape index (κ1) is 57.4. The molecule has 24 aromatic rings. The summed E-state index contributed by atoms with van der Waals surface area (Å²) in [5, 5.41) is 20.0. The number of para-hydroxylation sites is 10. The van der Waals surface area contributed by atoms with Crippen LogP contribution in [0.1, 0.15) is 0 Å². The highest BCUT2D eigenvalue weighted by atomic mass is 32.1. The molecule has 14 aromatic carbocycles. The third-order valence-corrected chi connectivity index (χ3v) is 24.2. The first-order valence-electron chi connectivity index (χ1n) is 35.3. The van der Waals surface area contributed by atoms with Gasteiger partial charge in [0.15, 0.2) is 11.6 Å². The fourth-order valence-corrected chi connectivity index (χ4v) is 19.7. The number of nitrogens with zero attached hydrogens (tertiary/aromatic N) is 8. The molecule has 0 atom stereocenters. The third kappa shape index (κ3) is 8.17. The van der Waals surface area contributed by atoms with E-state index in [-0.39, 0.29) is 0 Å². The van der Waals surface area contributed by atoms with E-state index in [9.17, 15) is 0 Å². The van der Waals surface area contributed by atoms with E-state index in [0.717, 1.165) is 45.4 Å². The Balaban J connectivity index is 0.000000127. The minimum absolute atomic E-state index is 0.966. The molecular weight excluding hydrogens is 1310 g/mol. The van der Waals surface area contributed by atoms with Gasteiger partial charge in [-0.05, 0) is 146 Å². The van der Waals surface area contributed by atoms with Gasteiger partial charge in [-0.1, -0.05) is 182 Å². The molecule has 10 aromatic heterocycles. The number of pyridine rings is 2. The molecule has 24 rings (SSSR count). The van der Waals surface area contributed by atoms with E-state index < -0.39 is 0 Å². The lowest BCUT2D eigenvalue weighted by atomic mass is 10.1. The summed E-state index contributed by atoms with van der Waals surface area (Å²) in [5.74, 6) is 1.94. The van der Waals surface area contributed by atoms with Crippen molar-refractivity contribution in [3.63, 3.8) is 0 Å². The Kier molecular flexibility index (Phi) is 12.2. The average Bonchev–Trinajstić information content (AvgIpc) is 1.57. The maximum atomic E-state index is 5.12. The lowest BCUT2D eigenvalue weighted by Gasteiger charge is -2.11. The fourth-order valence-electron chi connectivity index (χ4n) is 17.4. The van der Waals surface area contributed by atoms with Gasteiger partial charge in [-0.3, -0.25) is 9.13 Å². The Labute approximate surface area is 601 Å². The molecule has 0 amide bonds. The number of benzene rings is 14. The second-order valence-electron chi connectivity index (χ2n) is 27.2. The van der Waals surface area contributed by atoms with E-state index in [0.29, 0.717) is 0 Å². The van der Waals surface area contributed by atoms with Crippen LogP contribution in [-0.4, -0.2) is 37.4 Å².